The van der Waals surface area contributed by atoms with Gasteiger partial charge in [-0.05, 0) is 23.3 Å². The van der Waals surface area contributed by atoms with Crippen LogP contribution in [0.1, 0.15) is 0 Å². The van der Waals surface area contributed by atoms with Crippen LogP contribution in [0.5, 0.6) is 5.75 Å². The fraction of sp³-hybridized carbons (Fsp3) is 0.200. The van der Waals surface area contributed by atoms with E-state index in [1.165, 1.54) is 12.1 Å². The Morgan fingerprint density at radius 3 is 2.12 bits per heavy atom. The SMILES string of the molecule is Fc1ccc(-c2ccc(-c3ncc(OCOCC4CO4)cn3)cc2)cc1. The van der Waals surface area contributed by atoms with E-state index in [2.05, 4.69) is 9.97 Å². The number of epoxide rings is 1. The molecule has 1 aliphatic rings. The molecule has 1 aromatic heterocycles. The van der Waals surface area contributed by atoms with Gasteiger partial charge in [0, 0.05) is 5.56 Å². The number of hydrogen-bond donors (Lipinski definition) is 0. The molecule has 2 heterocycles. The summed E-state index contributed by atoms with van der Waals surface area (Å²) < 4.78 is 28.8. The van der Waals surface area contributed by atoms with Gasteiger partial charge in [0.2, 0.25) is 0 Å². The summed E-state index contributed by atoms with van der Waals surface area (Å²) in [6, 6.07) is 14.2. The molecule has 26 heavy (non-hydrogen) atoms. The van der Waals surface area contributed by atoms with Crippen molar-refractivity contribution in [2.45, 2.75) is 6.10 Å². The molecular weight excluding hydrogens is 335 g/mol. The Bertz CT molecular complexity index is 848. The topological polar surface area (TPSA) is 56.8 Å². The lowest BCUT2D eigenvalue weighted by atomic mass is 10.0. The fourth-order valence-electron chi connectivity index (χ4n) is 2.45. The maximum atomic E-state index is 13.0. The van der Waals surface area contributed by atoms with Gasteiger partial charge in [-0.1, -0.05) is 36.4 Å². The van der Waals surface area contributed by atoms with Gasteiger partial charge >= 0.3 is 0 Å². The van der Waals surface area contributed by atoms with Crippen molar-refractivity contribution in [1.82, 2.24) is 9.97 Å². The summed E-state index contributed by atoms with van der Waals surface area (Å²) in [5, 5.41) is 0. The molecule has 1 atom stereocenters. The molecule has 0 amide bonds. The van der Waals surface area contributed by atoms with Crippen LogP contribution < -0.4 is 4.74 Å². The highest BCUT2D eigenvalue weighted by atomic mass is 19.1. The number of nitrogens with zero attached hydrogens (tertiary/aromatic N) is 2. The third-order valence-electron chi connectivity index (χ3n) is 3.96. The Balaban J connectivity index is 1.38. The Morgan fingerprint density at radius 1 is 0.923 bits per heavy atom. The third kappa shape index (κ3) is 4.22. The largest absolute Gasteiger partial charge is 0.464 e. The van der Waals surface area contributed by atoms with Crippen LogP contribution in [0.15, 0.2) is 60.9 Å². The summed E-state index contributed by atoms with van der Waals surface area (Å²) in [5.74, 6) is 0.913. The zero-order valence-corrected chi connectivity index (χ0v) is 14.0. The van der Waals surface area contributed by atoms with E-state index < -0.39 is 0 Å². The van der Waals surface area contributed by atoms with Gasteiger partial charge in [0.25, 0.3) is 0 Å². The number of aromatic nitrogens is 2. The van der Waals surface area contributed by atoms with E-state index in [4.69, 9.17) is 14.2 Å². The molecule has 4 rings (SSSR count). The monoisotopic (exact) mass is 352 g/mol. The van der Waals surface area contributed by atoms with Crippen LogP contribution in [0.25, 0.3) is 22.5 Å². The Labute approximate surface area is 150 Å². The summed E-state index contributed by atoms with van der Waals surface area (Å²) in [6.45, 7) is 1.45. The molecular formula is C20H17FN2O3. The smallest absolute Gasteiger partial charge is 0.189 e. The first-order valence-corrected chi connectivity index (χ1v) is 8.28. The van der Waals surface area contributed by atoms with Crippen molar-refractivity contribution < 1.29 is 18.6 Å². The van der Waals surface area contributed by atoms with Crippen LogP contribution in [0, 0.1) is 5.82 Å². The average molecular weight is 352 g/mol. The van der Waals surface area contributed by atoms with Crippen LogP contribution in [0.3, 0.4) is 0 Å². The molecule has 3 aromatic rings. The normalized spacial score (nSPS) is 15.7. The van der Waals surface area contributed by atoms with E-state index in [0.29, 0.717) is 18.2 Å². The van der Waals surface area contributed by atoms with Crippen molar-refractivity contribution in [3.05, 3.63) is 66.7 Å². The van der Waals surface area contributed by atoms with Crippen molar-refractivity contribution in [3.8, 4) is 28.3 Å². The van der Waals surface area contributed by atoms with Crippen molar-refractivity contribution in [2.24, 2.45) is 0 Å². The van der Waals surface area contributed by atoms with Gasteiger partial charge in [-0.25, -0.2) is 14.4 Å². The Kier molecular flexibility index (Phi) is 4.86. The van der Waals surface area contributed by atoms with Crippen LogP contribution in [0.2, 0.25) is 0 Å². The molecule has 0 N–H and O–H groups in total. The van der Waals surface area contributed by atoms with E-state index in [9.17, 15) is 4.39 Å². The summed E-state index contributed by atoms with van der Waals surface area (Å²) >= 11 is 0. The quantitative estimate of drug-likeness (QED) is 0.369. The third-order valence-corrected chi connectivity index (χ3v) is 3.96. The molecule has 0 spiro atoms. The van der Waals surface area contributed by atoms with Crippen LogP contribution in [-0.2, 0) is 9.47 Å². The summed E-state index contributed by atoms with van der Waals surface area (Å²) in [7, 11) is 0. The summed E-state index contributed by atoms with van der Waals surface area (Å²) in [6.07, 6.45) is 3.45. The van der Waals surface area contributed by atoms with Gasteiger partial charge in [0.05, 0.1) is 25.6 Å². The number of benzene rings is 2. The predicted molar refractivity (Wildman–Crippen MR) is 94.0 cm³/mol. The number of hydrogen-bond acceptors (Lipinski definition) is 5. The minimum absolute atomic E-state index is 0.148. The number of ether oxygens (including phenoxy) is 3. The second-order valence-electron chi connectivity index (χ2n) is 5.91. The average Bonchev–Trinajstić information content (AvgIpc) is 3.51. The Hall–Kier alpha value is -2.83. The Morgan fingerprint density at radius 2 is 1.50 bits per heavy atom. The van der Waals surface area contributed by atoms with Crippen LogP contribution >= 0.6 is 0 Å². The zero-order chi connectivity index (χ0) is 17.8. The first-order valence-electron chi connectivity index (χ1n) is 8.28. The molecule has 5 nitrogen and oxygen atoms in total. The lowest BCUT2D eigenvalue weighted by molar-refractivity contribution is 0.00783. The van der Waals surface area contributed by atoms with Crippen molar-refractivity contribution in [2.75, 3.05) is 20.0 Å². The molecule has 0 bridgehead atoms. The zero-order valence-electron chi connectivity index (χ0n) is 14.0. The molecule has 6 heteroatoms. The van der Waals surface area contributed by atoms with Gasteiger partial charge < -0.3 is 14.2 Å². The predicted octanol–water partition coefficient (Wildman–Crippen LogP) is 3.70. The lowest BCUT2D eigenvalue weighted by Gasteiger charge is -2.07. The molecule has 0 saturated carbocycles. The molecule has 1 unspecified atom stereocenters. The first-order chi connectivity index (χ1) is 12.8. The van der Waals surface area contributed by atoms with E-state index >= 15 is 0 Å². The van der Waals surface area contributed by atoms with Crippen molar-refractivity contribution in [1.29, 1.82) is 0 Å². The standard InChI is InChI=1S/C20H17FN2O3/c21-17-7-5-15(6-8-17)14-1-3-16(4-2-14)20-22-9-18(10-23-20)26-13-24-11-19-12-25-19/h1-10,19H,11-13H2. The van der Waals surface area contributed by atoms with Gasteiger partial charge in [-0.3, -0.25) is 0 Å². The van der Waals surface area contributed by atoms with Crippen LogP contribution in [0.4, 0.5) is 4.39 Å². The van der Waals surface area contributed by atoms with Crippen molar-refractivity contribution >= 4 is 0 Å². The van der Waals surface area contributed by atoms with Gasteiger partial charge in [-0.2, -0.15) is 0 Å². The van der Waals surface area contributed by atoms with E-state index in [0.717, 1.165) is 23.3 Å². The highest BCUT2D eigenvalue weighted by molar-refractivity contribution is 5.67. The van der Waals surface area contributed by atoms with Gasteiger partial charge in [0.1, 0.15) is 11.9 Å². The first kappa shape index (κ1) is 16.6. The molecule has 0 aliphatic carbocycles. The number of halogens is 1. The minimum atomic E-state index is -0.243. The lowest BCUT2D eigenvalue weighted by Crippen LogP contribution is -2.08. The maximum absolute atomic E-state index is 13.0. The van der Waals surface area contributed by atoms with E-state index in [1.54, 1.807) is 24.5 Å². The van der Waals surface area contributed by atoms with Gasteiger partial charge in [-0.15, -0.1) is 0 Å². The summed E-state index contributed by atoms with van der Waals surface area (Å²) in [4.78, 5) is 8.65. The highest BCUT2D eigenvalue weighted by Gasteiger charge is 2.22. The summed E-state index contributed by atoms with van der Waals surface area (Å²) in [5.41, 5.74) is 2.86. The maximum Gasteiger partial charge on any atom is 0.189 e. The van der Waals surface area contributed by atoms with Crippen molar-refractivity contribution in [3.63, 3.8) is 0 Å². The molecule has 0 radical (unpaired) electrons. The fourth-order valence-corrected chi connectivity index (χ4v) is 2.45. The second-order valence-corrected chi connectivity index (χ2v) is 5.91. The molecule has 132 valence electrons. The van der Waals surface area contributed by atoms with Crippen LogP contribution in [-0.4, -0.2) is 36.1 Å². The molecule has 1 aliphatic heterocycles. The number of rotatable bonds is 7. The minimum Gasteiger partial charge on any atom is -0.464 e. The highest BCUT2D eigenvalue weighted by Crippen LogP contribution is 2.23. The molecule has 2 aromatic carbocycles. The van der Waals surface area contributed by atoms with E-state index in [1.807, 2.05) is 24.3 Å². The van der Waals surface area contributed by atoms with Gasteiger partial charge in [0.15, 0.2) is 18.4 Å². The molecule has 1 fully saturated rings. The molecule has 1 saturated heterocycles. The van der Waals surface area contributed by atoms with E-state index in [-0.39, 0.29) is 18.7 Å². The second kappa shape index (κ2) is 7.59.